The Morgan fingerprint density at radius 3 is 2.87 bits per heavy atom. The zero-order chi connectivity index (χ0) is 16.6. The second-order valence-electron chi connectivity index (χ2n) is 6.41. The molecule has 0 aliphatic carbocycles. The Hall–Kier alpha value is -2.11. The van der Waals surface area contributed by atoms with E-state index in [-0.39, 0.29) is 12.1 Å². The minimum absolute atomic E-state index is 0.153. The molecule has 3 rings (SSSR count). The molecule has 6 heteroatoms. The summed E-state index contributed by atoms with van der Waals surface area (Å²) >= 11 is 0. The van der Waals surface area contributed by atoms with Crippen molar-refractivity contribution in [1.29, 1.82) is 0 Å². The molecule has 1 atom stereocenters. The van der Waals surface area contributed by atoms with Crippen molar-refractivity contribution in [3.63, 3.8) is 0 Å². The first-order valence-electron chi connectivity index (χ1n) is 8.13. The van der Waals surface area contributed by atoms with Crippen LogP contribution in [-0.4, -0.2) is 26.9 Å². The van der Waals surface area contributed by atoms with Crippen LogP contribution in [0.2, 0.25) is 0 Å². The number of halogens is 1. The molecule has 1 aliphatic heterocycles. The van der Waals surface area contributed by atoms with Crippen LogP contribution in [0.1, 0.15) is 39.2 Å². The van der Waals surface area contributed by atoms with Gasteiger partial charge in [-0.3, -0.25) is 0 Å². The second kappa shape index (κ2) is 6.18. The molecule has 1 aliphatic rings. The van der Waals surface area contributed by atoms with Crippen molar-refractivity contribution in [3.8, 4) is 17.1 Å². The van der Waals surface area contributed by atoms with Gasteiger partial charge in [0.15, 0.2) is 0 Å². The summed E-state index contributed by atoms with van der Waals surface area (Å²) < 4.78 is 22.2. The molecular formula is C17H23FN4O. The molecule has 0 radical (unpaired) electrons. The summed E-state index contributed by atoms with van der Waals surface area (Å²) in [7, 11) is 0. The van der Waals surface area contributed by atoms with Gasteiger partial charge in [0, 0.05) is 18.2 Å². The quantitative estimate of drug-likeness (QED) is 0.875. The van der Waals surface area contributed by atoms with Crippen LogP contribution in [0.4, 0.5) is 10.2 Å². The van der Waals surface area contributed by atoms with E-state index in [0.29, 0.717) is 17.1 Å². The fourth-order valence-electron chi connectivity index (χ4n) is 2.86. The summed E-state index contributed by atoms with van der Waals surface area (Å²) in [5.41, 5.74) is 1.88. The standard InChI is InChI=1S/C17H23FN4O/c1-10(2)19-14-8-7-13(16(18)20-14)15-12(4)17-22(21-15)9-5-6-11(3)23-17/h7-8,10-11H,5-6,9H2,1-4H3,(H,19,20)/t11-/m0/s1. The molecule has 1 N–H and O–H groups in total. The van der Waals surface area contributed by atoms with E-state index >= 15 is 0 Å². The van der Waals surface area contributed by atoms with Crippen molar-refractivity contribution in [2.75, 3.05) is 5.32 Å². The SMILES string of the molecule is Cc1c(-c2ccc(NC(C)C)nc2F)nn2c1O[C@@H](C)CCC2. The molecule has 23 heavy (non-hydrogen) atoms. The smallest absolute Gasteiger partial charge is 0.224 e. The lowest BCUT2D eigenvalue weighted by atomic mass is 10.1. The summed E-state index contributed by atoms with van der Waals surface area (Å²) in [6, 6.07) is 3.71. The number of ether oxygens (including phenoxy) is 1. The van der Waals surface area contributed by atoms with Crippen LogP contribution >= 0.6 is 0 Å². The fraction of sp³-hybridized carbons (Fsp3) is 0.529. The molecule has 0 unspecified atom stereocenters. The van der Waals surface area contributed by atoms with E-state index < -0.39 is 5.95 Å². The van der Waals surface area contributed by atoms with Gasteiger partial charge in [0.05, 0.1) is 11.7 Å². The Labute approximate surface area is 135 Å². The number of anilines is 1. The molecule has 5 nitrogen and oxygen atoms in total. The number of fused-ring (bicyclic) bond motifs is 1. The van der Waals surface area contributed by atoms with Gasteiger partial charge < -0.3 is 10.1 Å². The van der Waals surface area contributed by atoms with E-state index in [2.05, 4.69) is 22.3 Å². The van der Waals surface area contributed by atoms with Gasteiger partial charge >= 0.3 is 0 Å². The average molecular weight is 318 g/mol. The van der Waals surface area contributed by atoms with E-state index in [1.807, 2.05) is 25.5 Å². The second-order valence-corrected chi connectivity index (χ2v) is 6.41. The zero-order valence-electron chi connectivity index (χ0n) is 14.1. The number of hydrogen-bond donors (Lipinski definition) is 1. The van der Waals surface area contributed by atoms with Crippen LogP contribution in [0.3, 0.4) is 0 Å². The Bertz CT molecular complexity index is 711. The van der Waals surface area contributed by atoms with Gasteiger partial charge in [0.2, 0.25) is 11.8 Å². The summed E-state index contributed by atoms with van der Waals surface area (Å²) in [5, 5.41) is 7.66. The Morgan fingerprint density at radius 2 is 2.17 bits per heavy atom. The fourth-order valence-corrected chi connectivity index (χ4v) is 2.86. The number of rotatable bonds is 3. The molecule has 3 heterocycles. The number of aryl methyl sites for hydroxylation is 1. The van der Waals surface area contributed by atoms with E-state index in [4.69, 9.17) is 4.74 Å². The molecule has 0 spiro atoms. The highest BCUT2D eigenvalue weighted by molar-refractivity contribution is 5.66. The molecule has 0 saturated heterocycles. The predicted molar refractivity (Wildman–Crippen MR) is 88.2 cm³/mol. The Morgan fingerprint density at radius 1 is 1.39 bits per heavy atom. The number of hydrogen-bond acceptors (Lipinski definition) is 4. The lowest BCUT2D eigenvalue weighted by Crippen LogP contribution is -2.11. The number of pyridine rings is 1. The molecular weight excluding hydrogens is 295 g/mol. The molecule has 0 bridgehead atoms. The number of nitrogens with zero attached hydrogens (tertiary/aromatic N) is 3. The first kappa shape index (κ1) is 15.8. The number of aromatic nitrogens is 3. The number of nitrogens with one attached hydrogen (secondary N) is 1. The summed E-state index contributed by atoms with van der Waals surface area (Å²) in [6.45, 7) is 8.75. The van der Waals surface area contributed by atoms with Gasteiger partial charge in [0.1, 0.15) is 11.5 Å². The lowest BCUT2D eigenvalue weighted by molar-refractivity contribution is 0.207. The van der Waals surface area contributed by atoms with Crippen molar-refractivity contribution < 1.29 is 9.13 Å². The maximum absolute atomic E-state index is 14.4. The highest BCUT2D eigenvalue weighted by atomic mass is 19.1. The largest absolute Gasteiger partial charge is 0.475 e. The van der Waals surface area contributed by atoms with Crippen LogP contribution in [0.15, 0.2) is 12.1 Å². The van der Waals surface area contributed by atoms with Gasteiger partial charge in [0.25, 0.3) is 0 Å². The van der Waals surface area contributed by atoms with Gasteiger partial charge in [-0.05, 0) is 52.7 Å². The van der Waals surface area contributed by atoms with Crippen molar-refractivity contribution in [2.24, 2.45) is 0 Å². The highest BCUT2D eigenvalue weighted by Gasteiger charge is 2.23. The van der Waals surface area contributed by atoms with Crippen LogP contribution in [0.5, 0.6) is 5.88 Å². The Kier molecular flexibility index (Phi) is 4.24. The average Bonchev–Trinajstić information content (AvgIpc) is 2.66. The summed E-state index contributed by atoms with van der Waals surface area (Å²) in [6.07, 6.45) is 2.16. The molecule has 0 amide bonds. The van der Waals surface area contributed by atoms with E-state index in [9.17, 15) is 4.39 Å². The lowest BCUT2D eigenvalue weighted by Gasteiger charge is -2.11. The van der Waals surface area contributed by atoms with Gasteiger partial charge in [-0.25, -0.2) is 9.67 Å². The Balaban J connectivity index is 1.98. The molecule has 2 aromatic heterocycles. The van der Waals surface area contributed by atoms with Gasteiger partial charge in [-0.2, -0.15) is 9.49 Å². The molecule has 0 aromatic carbocycles. The first-order chi connectivity index (χ1) is 11.0. The van der Waals surface area contributed by atoms with Gasteiger partial charge in [-0.15, -0.1) is 0 Å². The van der Waals surface area contributed by atoms with E-state index in [1.54, 1.807) is 12.1 Å². The molecule has 0 saturated carbocycles. The van der Waals surface area contributed by atoms with Crippen LogP contribution in [0, 0.1) is 12.9 Å². The van der Waals surface area contributed by atoms with Crippen LogP contribution in [0.25, 0.3) is 11.3 Å². The third kappa shape index (κ3) is 3.16. The minimum atomic E-state index is -0.514. The van der Waals surface area contributed by atoms with Crippen LogP contribution in [-0.2, 0) is 6.54 Å². The van der Waals surface area contributed by atoms with Crippen molar-refractivity contribution in [3.05, 3.63) is 23.6 Å². The molecule has 124 valence electrons. The van der Waals surface area contributed by atoms with Gasteiger partial charge in [-0.1, -0.05) is 0 Å². The zero-order valence-corrected chi connectivity index (χ0v) is 14.1. The highest BCUT2D eigenvalue weighted by Crippen LogP contribution is 2.33. The maximum atomic E-state index is 14.4. The normalized spacial score (nSPS) is 17.6. The summed E-state index contributed by atoms with van der Waals surface area (Å²) in [5.74, 6) is 0.762. The van der Waals surface area contributed by atoms with Crippen molar-refractivity contribution >= 4 is 5.82 Å². The molecule has 0 fully saturated rings. The third-order valence-electron chi connectivity index (χ3n) is 3.96. The monoisotopic (exact) mass is 318 g/mol. The summed E-state index contributed by atoms with van der Waals surface area (Å²) in [4.78, 5) is 4.00. The predicted octanol–water partition coefficient (Wildman–Crippen LogP) is 3.77. The van der Waals surface area contributed by atoms with E-state index in [1.165, 1.54) is 0 Å². The van der Waals surface area contributed by atoms with Crippen molar-refractivity contribution in [1.82, 2.24) is 14.8 Å². The maximum Gasteiger partial charge on any atom is 0.224 e. The topological polar surface area (TPSA) is 52.0 Å². The minimum Gasteiger partial charge on any atom is -0.475 e. The van der Waals surface area contributed by atoms with Crippen LogP contribution < -0.4 is 10.1 Å². The third-order valence-corrected chi connectivity index (χ3v) is 3.96. The van der Waals surface area contributed by atoms with Crippen molar-refractivity contribution in [2.45, 2.75) is 59.2 Å². The molecule has 2 aromatic rings. The van der Waals surface area contributed by atoms with E-state index in [0.717, 1.165) is 30.8 Å². The first-order valence-corrected chi connectivity index (χ1v) is 8.13.